The molecule has 0 aliphatic carbocycles. The summed E-state index contributed by atoms with van der Waals surface area (Å²) in [6.07, 6.45) is 0. The molecule has 0 atom stereocenters. The van der Waals surface area contributed by atoms with Gasteiger partial charge in [0, 0.05) is 12.5 Å². The summed E-state index contributed by atoms with van der Waals surface area (Å²) in [5.74, 6) is -0.656. The summed E-state index contributed by atoms with van der Waals surface area (Å²) < 4.78 is 44.5. The molecule has 0 radical (unpaired) electrons. The van der Waals surface area contributed by atoms with E-state index in [0.717, 1.165) is 0 Å². The van der Waals surface area contributed by atoms with E-state index in [2.05, 4.69) is 30.4 Å². The molecule has 1 aromatic carbocycles. The van der Waals surface area contributed by atoms with Crippen molar-refractivity contribution in [3.63, 3.8) is 0 Å². The lowest BCUT2D eigenvalue weighted by Gasteiger charge is -1.99. The van der Waals surface area contributed by atoms with Gasteiger partial charge >= 0.3 is 0 Å². The Kier molecular flexibility index (Phi) is 5.01. The summed E-state index contributed by atoms with van der Waals surface area (Å²) in [5, 5.41) is 17.0. The first kappa shape index (κ1) is 18.0. The largest absolute Gasteiger partial charge is 0.419 e. The van der Waals surface area contributed by atoms with Crippen molar-refractivity contribution in [2.75, 3.05) is 5.32 Å². The van der Waals surface area contributed by atoms with Crippen molar-refractivity contribution in [2.24, 2.45) is 0 Å². The van der Waals surface area contributed by atoms with Crippen LogP contribution in [0.3, 0.4) is 0 Å². The van der Waals surface area contributed by atoms with Crippen molar-refractivity contribution < 1.29 is 22.0 Å². The van der Waals surface area contributed by atoms with Crippen LogP contribution in [0, 0.1) is 5.82 Å². The van der Waals surface area contributed by atoms with Crippen molar-refractivity contribution in [3.05, 3.63) is 36.0 Å². The van der Waals surface area contributed by atoms with E-state index in [4.69, 9.17) is 4.42 Å². The summed E-state index contributed by atoms with van der Waals surface area (Å²) in [5.41, 5.74) is 0.497. The molecule has 0 fully saturated rings. The summed E-state index contributed by atoms with van der Waals surface area (Å²) in [6, 6.07) is 5.40. The Morgan fingerprint density at radius 2 is 1.92 bits per heavy atom. The molecular formula is C13H11FN6O4S2. The van der Waals surface area contributed by atoms with Crippen molar-refractivity contribution in [2.45, 2.75) is 17.8 Å². The van der Waals surface area contributed by atoms with Gasteiger partial charge in [-0.1, -0.05) is 11.3 Å². The van der Waals surface area contributed by atoms with Gasteiger partial charge in [-0.05, 0) is 24.3 Å². The maximum Gasteiger partial charge on any atom is 0.270 e. The number of hydrogen-bond donors (Lipinski definition) is 2. The average molecular weight is 398 g/mol. The standard InChI is InChI=1S/C13H11FN6O4S2/c1-7(21)16-12-19-20-13(25-12)26(22,23)15-6-10-17-18-11(24-10)8-2-4-9(14)5-3-8/h2-5,15H,6H2,1H3,(H,16,19,21). The molecule has 2 N–H and O–H groups in total. The summed E-state index contributed by atoms with van der Waals surface area (Å²) in [4.78, 5) is 10.9. The normalized spacial score (nSPS) is 11.5. The van der Waals surface area contributed by atoms with Crippen molar-refractivity contribution >= 4 is 32.4 Å². The van der Waals surface area contributed by atoms with Gasteiger partial charge in [-0.15, -0.1) is 20.4 Å². The fourth-order valence-electron chi connectivity index (χ4n) is 1.77. The number of nitrogens with zero attached hydrogens (tertiary/aromatic N) is 4. The van der Waals surface area contributed by atoms with Crippen LogP contribution < -0.4 is 10.0 Å². The highest BCUT2D eigenvalue weighted by Gasteiger charge is 2.21. The maximum absolute atomic E-state index is 12.9. The smallest absolute Gasteiger partial charge is 0.270 e. The van der Waals surface area contributed by atoms with Gasteiger partial charge in [0.05, 0.1) is 6.54 Å². The lowest BCUT2D eigenvalue weighted by atomic mass is 10.2. The molecule has 0 saturated carbocycles. The second kappa shape index (κ2) is 7.23. The molecule has 0 saturated heterocycles. The van der Waals surface area contributed by atoms with Crippen LogP contribution in [-0.4, -0.2) is 34.7 Å². The van der Waals surface area contributed by atoms with E-state index in [0.29, 0.717) is 16.9 Å². The topological polar surface area (TPSA) is 140 Å². The molecule has 0 bridgehead atoms. The van der Waals surface area contributed by atoms with E-state index < -0.39 is 21.7 Å². The molecule has 136 valence electrons. The molecule has 0 spiro atoms. The number of rotatable bonds is 6. The van der Waals surface area contributed by atoms with Gasteiger partial charge in [0.1, 0.15) is 5.82 Å². The predicted molar refractivity (Wildman–Crippen MR) is 87.9 cm³/mol. The Bertz CT molecular complexity index is 1030. The van der Waals surface area contributed by atoms with E-state index in [9.17, 15) is 17.6 Å². The molecule has 2 aromatic heterocycles. The lowest BCUT2D eigenvalue weighted by Crippen LogP contribution is -2.23. The molecule has 26 heavy (non-hydrogen) atoms. The van der Waals surface area contributed by atoms with Crippen LogP contribution >= 0.6 is 11.3 Å². The van der Waals surface area contributed by atoms with Crippen LogP contribution in [0.25, 0.3) is 11.5 Å². The molecule has 13 heteroatoms. The van der Waals surface area contributed by atoms with Crippen LogP contribution in [0.15, 0.2) is 33.0 Å². The highest BCUT2D eigenvalue weighted by atomic mass is 32.2. The summed E-state index contributed by atoms with van der Waals surface area (Å²) in [7, 11) is -3.97. The Balaban J connectivity index is 1.67. The Hall–Kier alpha value is -2.77. The Morgan fingerprint density at radius 3 is 2.62 bits per heavy atom. The third-order valence-corrected chi connectivity index (χ3v) is 5.50. The number of carbonyl (C=O) groups excluding carboxylic acids is 1. The van der Waals surface area contributed by atoms with E-state index in [-0.39, 0.29) is 27.8 Å². The number of aromatic nitrogens is 4. The van der Waals surface area contributed by atoms with Crippen molar-refractivity contribution in [3.8, 4) is 11.5 Å². The molecular weight excluding hydrogens is 387 g/mol. The van der Waals surface area contributed by atoms with Crippen LogP contribution in [0.5, 0.6) is 0 Å². The van der Waals surface area contributed by atoms with Crippen LogP contribution in [-0.2, 0) is 21.4 Å². The molecule has 1 amide bonds. The zero-order valence-electron chi connectivity index (χ0n) is 13.1. The first-order chi connectivity index (χ1) is 12.3. The van der Waals surface area contributed by atoms with E-state index in [1.54, 1.807) is 0 Å². The monoisotopic (exact) mass is 398 g/mol. The van der Waals surface area contributed by atoms with Gasteiger partial charge in [0.25, 0.3) is 10.0 Å². The molecule has 3 rings (SSSR count). The Labute approximate surface area is 150 Å². The number of hydrogen-bond acceptors (Lipinski definition) is 9. The van der Waals surface area contributed by atoms with E-state index >= 15 is 0 Å². The first-order valence-electron chi connectivity index (χ1n) is 7.02. The third-order valence-electron chi connectivity index (χ3n) is 2.89. The van der Waals surface area contributed by atoms with Gasteiger partial charge in [-0.2, -0.15) is 4.72 Å². The fraction of sp³-hybridized carbons (Fsp3) is 0.154. The maximum atomic E-state index is 12.9. The Morgan fingerprint density at radius 1 is 1.19 bits per heavy atom. The molecule has 0 aliphatic heterocycles. The van der Waals surface area contributed by atoms with Crippen molar-refractivity contribution in [1.82, 2.24) is 25.1 Å². The third kappa shape index (κ3) is 4.25. The number of amides is 1. The minimum absolute atomic E-state index is 0.0134. The minimum Gasteiger partial charge on any atom is -0.419 e. The molecule has 0 unspecified atom stereocenters. The minimum atomic E-state index is -3.97. The van der Waals surface area contributed by atoms with Crippen molar-refractivity contribution in [1.29, 1.82) is 0 Å². The number of carbonyl (C=O) groups is 1. The number of nitrogens with one attached hydrogen (secondary N) is 2. The number of halogens is 1. The van der Waals surface area contributed by atoms with Crippen LogP contribution in [0.1, 0.15) is 12.8 Å². The zero-order valence-corrected chi connectivity index (χ0v) is 14.8. The molecule has 0 aliphatic rings. The lowest BCUT2D eigenvalue weighted by molar-refractivity contribution is -0.114. The van der Waals surface area contributed by atoms with E-state index in [1.165, 1.54) is 31.2 Å². The van der Waals surface area contributed by atoms with Gasteiger partial charge in [0.15, 0.2) is 0 Å². The van der Waals surface area contributed by atoms with Gasteiger partial charge in [-0.25, -0.2) is 12.8 Å². The SMILES string of the molecule is CC(=O)Nc1nnc(S(=O)(=O)NCc2nnc(-c3ccc(F)cc3)o2)s1. The van der Waals surface area contributed by atoms with Crippen LogP contribution in [0.2, 0.25) is 0 Å². The highest BCUT2D eigenvalue weighted by molar-refractivity contribution is 7.91. The predicted octanol–water partition coefficient (Wildman–Crippen LogP) is 1.16. The summed E-state index contributed by atoms with van der Waals surface area (Å²) in [6.45, 7) is 0.994. The number of sulfonamides is 1. The van der Waals surface area contributed by atoms with E-state index in [1.807, 2.05) is 0 Å². The zero-order chi connectivity index (χ0) is 18.7. The molecule has 3 aromatic rings. The second-order valence-corrected chi connectivity index (χ2v) is 7.80. The number of anilines is 1. The van der Waals surface area contributed by atoms with Crippen LogP contribution in [0.4, 0.5) is 9.52 Å². The average Bonchev–Trinajstić information content (AvgIpc) is 3.23. The first-order valence-corrected chi connectivity index (χ1v) is 9.32. The van der Waals surface area contributed by atoms with Gasteiger partial charge < -0.3 is 9.73 Å². The second-order valence-electron chi connectivity index (χ2n) is 4.89. The molecule has 2 heterocycles. The fourth-order valence-corrected chi connectivity index (χ4v) is 3.73. The van der Waals surface area contributed by atoms with Gasteiger partial charge in [0.2, 0.25) is 27.2 Å². The quantitative estimate of drug-likeness (QED) is 0.590. The summed E-state index contributed by atoms with van der Waals surface area (Å²) >= 11 is 0.700. The number of benzene rings is 1. The molecule has 10 nitrogen and oxygen atoms in total. The van der Waals surface area contributed by atoms with Gasteiger partial charge in [-0.3, -0.25) is 4.79 Å². The highest BCUT2D eigenvalue weighted by Crippen LogP contribution is 2.21.